The molecular formula is C28H28N4O2. The molecule has 0 unspecified atom stereocenters. The molecular weight excluding hydrogens is 424 g/mol. The number of hydrogen-bond acceptors (Lipinski definition) is 4. The first-order valence-electron chi connectivity index (χ1n) is 11.7. The number of fused-ring (bicyclic) bond motifs is 1. The van der Waals surface area contributed by atoms with Crippen LogP contribution in [0.3, 0.4) is 0 Å². The molecule has 1 aliphatic heterocycles. The maximum Gasteiger partial charge on any atom is 0.246 e. The first kappa shape index (κ1) is 21.9. The summed E-state index contributed by atoms with van der Waals surface area (Å²) in [4.78, 5) is 24.1. The van der Waals surface area contributed by atoms with Crippen molar-refractivity contribution in [2.24, 2.45) is 0 Å². The molecule has 172 valence electrons. The lowest BCUT2D eigenvalue weighted by atomic mass is 10.0. The molecule has 3 heterocycles. The van der Waals surface area contributed by atoms with Gasteiger partial charge in [0.1, 0.15) is 17.3 Å². The second-order valence-electron chi connectivity index (χ2n) is 8.74. The number of hydrogen-bond donors (Lipinski definition) is 0. The van der Waals surface area contributed by atoms with Crippen molar-refractivity contribution in [3.8, 4) is 22.8 Å². The summed E-state index contributed by atoms with van der Waals surface area (Å²) in [6, 6.07) is 15.9. The first-order valence-corrected chi connectivity index (χ1v) is 11.7. The molecule has 1 fully saturated rings. The number of nitrogens with zero attached hydrogens (tertiary/aromatic N) is 4. The summed E-state index contributed by atoms with van der Waals surface area (Å²) in [5, 5.41) is 0. The zero-order chi connectivity index (χ0) is 23.7. The molecule has 0 spiro atoms. The lowest BCUT2D eigenvalue weighted by Crippen LogP contribution is -2.38. The fourth-order valence-corrected chi connectivity index (χ4v) is 4.73. The summed E-state index contributed by atoms with van der Waals surface area (Å²) in [6.45, 7) is 8.45. The van der Waals surface area contributed by atoms with Gasteiger partial charge in [-0.25, -0.2) is 4.98 Å². The van der Waals surface area contributed by atoms with Crippen LogP contribution in [0.1, 0.15) is 42.4 Å². The Balaban J connectivity index is 1.54. The van der Waals surface area contributed by atoms with Crippen LogP contribution in [0.5, 0.6) is 11.5 Å². The van der Waals surface area contributed by atoms with E-state index in [1.54, 1.807) is 6.20 Å². The number of benzene rings is 2. The van der Waals surface area contributed by atoms with Gasteiger partial charge < -0.3 is 9.64 Å². The Morgan fingerprint density at radius 2 is 1.94 bits per heavy atom. The molecule has 0 saturated carbocycles. The van der Waals surface area contributed by atoms with E-state index < -0.39 is 0 Å². The summed E-state index contributed by atoms with van der Waals surface area (Å²) in [5.74, 6) is 2.40. The number of ether oxygens (including phenoxy) is 1. The van der Waals surface area contributed by atoms with Crippen LogP contribution in [0.2, 0.25) is 0 Å². The van der Waals surface area contributed by atoms with Gasteiger partial charge in [-0.05, 0) is 81.1 Å². The first-order chi connectivity index (χ1) is 16.5. The fraction of sp³-hybridized carbons (Fsp3) is 0.250. The Kier molecular flexibility index (Phi) is 5.88. The van der Waals surface area contributed by atoms with E-state index in [1.807, 2.05) is 73.5 Å². The normalized spacial score (nSPS) is 15.9. The van der Waals surface area contributed by atoms with Crippen LogP contribution in [0.4, 0.5) is 0 Å². The molecule has 2 aromatic carbocycles. The zero-order valence-corrected chi connectivity index (χ0v) is 19.6. The lowest BCUT2D eigenvalue weighted by Gasteiger charge is -2.34. The van der Waals surface area contributed by atoms with E-state index in [-0.39, 0.29) is 11.9 Å². The molecule has 1 aliphatic rings. The minimum absolute atomic E-state index is 0.0496. The highest BCUT2D eigenvalue weighted by Gasteiger charge is 2.31. The van der Waals surface area contributed by atoms with Crippen molar-refractivity contribution >= 4 is 11.4 Å². The summed E-state index contributed by atoms with van der Waals surface area (Å²) in [7, 11) is 0. The molecule has 0 bridgehead atoms. The van der Waals surface area contributed by atoms with Gasteiger partial charge in [0.15, 0.2) is 0 Å². The molecule has 0 radical (unpaired) electrons. The third-order valence-corrected chi connectivity index (χ3v) is 6.38. The quantitative estimate of drug-likeness (QED) is 0.346. The Morgan fingerprint density at radius 1 is 1.12 bits per heavy atom. The highest BCUT2D eigenvalue weighted by atomic mass is 16.5. The average Bonchev–Trinajstić information content (AvgIpc) is 3.25. The van der Waals surface area contributed by atoms with Gasteiger partial charge in [0.25, 0.3) is 0 Å². The van der Waals surface area contributed by atoms with Crippen molar-refractivity contribution in [1.29, 1.82) is 0 Å². The summed E-state index contributed by atoms with van der Waals surface area (Å²) >= 11 is 0. The zero-order valence-electron chi connectivity index (χ0n) is 19.6. The average molecular weight is 453 g/mol. The third-order valence-electron chi connectivity index (χ3n) is 6.38. The van der Waals surface area contributed by atoms with E-state index in [0.29, 0.717) is 0 Å². The van der Waals surface area contributed by atoms with E-state index >= 15 is 0 Å². The second kappa shape index (κ2) is 9.14. The molecule has 0 N–H and O–H groups in total. The van der Waals surface area contributed by atoms with E-state index in [4.69, 9.17) is 9.72 Å². The number of carbonyl (C=O) groups is 1. The van der Waals surface area contributed by atoms with Gasteiger partial charge in [-0.15, -0.1) is 0 Å². The van der Waals surface area contributed by atoms with Crippen molar-refractivity contribution in [3.05, 3.63) is 90.7 Å². The van der Waals surface area contributed by atoms with Gasteiger partial charge in [-0.2, -0.15) is 0 Å². The van der Waals surface area contributed by atoms with Crippen LogP contribution in [-0.4, -0.2) is 31.7 Å². The second-order valence-corrected chi connectivity index (χ2v) is 8.74. The van der Waals surface area contributed by atoms with Crippen LogP contribution in [0.25, 0.3) is 16.8 Å². The standard InChI is InChI=1S/C28H28N4O2/c1-4-25(33)31-16-6-5-10-24(31)28-30-26(27-20(3)29-15-17-32(27)28)21-11-13-22(14-12-21)34-23-9-7-8-19(2)18-23/h4,7-9,11-15,17-18,24H,1,5-6,10,16H2,2-3H3/t24-/m0/s1. The number of amides is 1. The molecule has 0 aliphatic carbocycles. The Morgan fingerprint density at radius 3 is 2.71 bits per heavy atom. The largest absolute Gasteiger partial charge is 0.457 e. The Bertz CT molecular complexity index is 1360. The Labute approximate surface area is 199 Å². The molecule has 6 nitrogen and oxygen atoms in total. The van der Waals surface area contributed by atoms with Gasteiger partial charge in [-0.3, -0.25) is 14.2 Å². The number of carbonyl (C=O) groups excluding carboxylic acids is 1. The molecule has 6 heteroatoms. The smallest absolute Gasteiger partial charge is 0.246 e. The predicted octanol–water partition coefficient (Wildman–Crippen LogP) is 6.05. The number of imidazole rings is 1. The van der Waals surface area contributed by atoms with Crippen molar-refractivity contribution < 1.29 is 9.53 Å². The van der Waals surface area contributed by atoms with Crippen molar-refractivity contribution in [2.45, 2.75) is 39.2 Å². The number of aromatic nitrogens is 3. The third kappa shape index (κ3) is 4.07. The minimum Gasteiger partial charge on any atom is -0.457 e. The summed E-state index contributed by atoms with van der Waals surface area (Å²) in [6.07, 6.45) is 8.06. The molecule has 1 saturated heterocycles. The monoisotopic (exact) mass is 452 g/mol. The van der Waals surface area contributed by atoms with Crippen LogP contribution in [0, 0.1) is 13.8 Å². The van der Waals surface area contributed by atoms with Gasteiger partial charge in [0.2, 0.25) is 5.91 Å². The molecule has 34 heavy (non-hydrogen) atoms. The van der Waals surface area contributed by atoms with Crippen LogP contribution in [-0.2, 0) is 4.79 Å². The highest BCUT2D eigenvalue weighted by Crippen LogP contribution is 2.36. The maximum atomic E-state index is 12.6. The lowest BCUT2D eigenvalue weighted by molar-refractivity contribution is -0.129. The molecule has 2 aromatic heterocycles. The minimum atomic E-state index is -0.0915. The van der Waals surface area contributed by atoms with Gasteiger partial charge in [0, 0.05) is 24.5 Å². The van der Waals surface area contributed by atoms with Crippen LogP contribution in [0.15, 0.2) is 73.6 Å². The van der Waals surface area contributed by atoms with Crippen molar-refractivity contribution in [2.75, 3.05) is 6.54 Å². The van der Waals surface area contributed by atoms with Gasteiger partial charge in [-0.1, -0.05) is 18.7 Å². The van der Waals surface area contributed by atoms with E-state index in [0.717, 1.165) is 71.2 Å². The van der Waals surface area contributed by atoms with E-state index in [2.05, 4.69) is 16.0 Å². The topological polar surface area (TPSA) is 59.7 Å². The van der Waals surface area contributed by atoms with Crippen LogP contribution >= 0.6 is 0 Å². The fourth-order valence-electron chi connectivity index (χ4n) is 4.73. The number of likely N-dealkylation sites (tertiary alicyclic amines) is 1. The van der Waals surface area contributed by atoms with Crippen molar-refractivity contribution in [1.82, 2.24) is 19.3 Å². The molecule has 1 atom stereocenters. The highest BCUT2D eigenvalue weighted by molar-refractivity contribution is 5.87. The number of rotatable bonds is 5. The SMILES string of the molecule is C=CC(=O)N1CCCC[C@H]1c1nc(-c2ccc(Oc3cccc(C)c3)cc2)c2c(C)nccn12. The predicted molar refractivity (Wildman–Crippen MR) is 133 cm³/mol. The van der Waals surface area contributed by atoms with Crippen LogP contribution < -0.4 is 4.74 Å². The van der Waals surface area contributed by atoms with E-state index in [9.17, 15) is 4.79 Å². The molecule has 4 aromatic rings. The summed E-state index contributed by atoms with van der Waals surface area (Å²) in [5.41, 5.74) is 4.85. The van der Waals surface area contributed by atoms with Gasteiger partial charge in [0.05, 0.1) is 22.9 Å². The Hall–Kier alpha value is -3.93. The van der Waals surface area contributed by atoms with E-state index in [1.165, 1.54) is 6.08 Å². The number of aryl methyl sites for hydroxylation is 2. The molecule has 1 amide bonds. The number of piperidine rings is 1. The molecule has 5 rings (SSSR count). The van der Waals surface area contributed by atoms with Gasteiger partial charge >= 0.3 is 0 Å². The van der Waals surface area contributed by atoms with Crippen molar-refractivity contribution in [3.63, 3.8) is 0 Å². The maximum absolute atomic E-state index is 12.6. The summed E-state index contributed by atoms with van der Waals surface area (Å²) < 4.78 is 8.11.